The van der Waals surface area contributed by atoms with E-state index >= 15 is 0 Å². The summed E-state index contributed by atoms with van der Waals surface area (Å²) in [6.45, 7) is 6.76. The topological polar surface area (TPSA) is 0 Å². The van der Waals surface area contributed by atoms with Gasteiger partial charge in [-0.3, -0.25) is 0 Å². The molecule has 1 rings (SSSR count). The molecule has 0 aliphatic heterocycles. The van der Waals surface area contributed by atoms with Crippen LogP contribution in [0.3, 0.4) is 0 Å². The first-order valence-electron chi connectivity index (χ1n) is 4.46. The summed E-state index contributed by atoms with van der Waals surface area (Å²) in [6, 6.07) is 6.46. The lowest BCUT2D eigenvalue weighted by Gasteiger charge is -2.18. The van der Waals surface area contributed by atoms with E-state index in [2.05, 4.69) is 77.5 Å². The smallest absolute Gasteiger partial charge is 0.0200 e. The van der Waals surface area contributed by atoms with Crippen LogP contribution in [-0.4, -0.2) is 4.75 Å². The minimum absolute atomic E-state index is 0.339. The zero-order valence-electron chi connectivity index (χ0n) is 8.60. The van der Waals surface area contributed by atoms with Crippen molar-refractivity contribution in [1.29, 1.82) is 0 Å². The third kappa shape index (κ3) is 4.53. The van der Waals surface area contributed by atoms with Crippen molar-refractivity contribution >= 4 is 50.3 Å². The van der Waals surface area contributed by atoms with Crippen molar-refractivity contribution in [2.24, 2.45) is 0 Å². The van der Waals surface area contributed by atoms with Gasteiger partial charge in [0, 0.05) is 18.5 Å². The van der Waals surface area contributed by atoms with Crippen LogP contribution in [0.2, 0.25) is 0 Å². The van der Waals surface area contributed by atoms with Gasteiger partial charge in [0.1, 0.15) is 0 Å². The Morgan fingerprint density at radius 3 is 2.57 bits per heavy atom. The quantitative estimate of drug-likeness (QED) is 0.640. The highest BCUT2D eigenvalue weighted by molar-refractivity contribution is 14.1. The monoisotopic (exact) mass is 384 g/mol. The zero-order valence-corrected chi connectivity index (χ0v) is 13.2. The van der Waals surface area contributed by atoms with Gasteiger partial charge in [-0.1, -0.05) is 36.7 Å². The number of hydrogen-bond donors (Lipinski definition) is 0. The predicted octanol–water partition coefficient (Wildman–Crippen LogP) is 5.09. The second-order valence-electron chi connectivity index (χ2n) is 4.14. The molecule has 0 heterocycles. The number of halogens is 2. The van der Waals surface area contributed by atoms with E-state index in [9.17, 15) is 0 Å². The van der Waals surface area contributed by atoms with E-state index in [0.717, 1.165) is 5.75 Å². The number of hydrogen-bond acceptors (Lipinski definition) is 1. The molecule has 0 aromatic heterocycles. The van der Waals surface area contributed by atoms with E-state index < -0.39 is 0 Å². The lowest BCUT2D eigenvalue weighted by molar-refractivity contribution is 0.802. The molecule has 0 radical (unpaired) electrons. The Balaban J connectivity index is 2.72. The van der Waals surface area contributed by atoms with Crippen molar-refractivity contribution in [2.75, 3.05) is 0 Å². The predicted molar refractivity (Wildman–Crippen MR) is 77.9 cm³/mol. The number of benzene rings is 1. The molecular weight excluding hydrogens is 371 g/mol. The van der Waals surface area contributed by atoms with Gasteiger partial charge in [0.15, 0.2) is 0 Å². The number of thioether (sulfide) groups is 1. The van der Waals surface area contributed by atoms with Crippen LogP contribution >= 0.6 is 50.3 Å². The molecule has 0 saturated carbocycles. The van der Waals surface area contributed by atoms with E-state index in [0.29, 0.717) is 4.75 Å². The molecule has 0 atom stereocenters. The minimum atomic E-state index is 0.339. The second kappa shape index (κ2) is 5.21. The van der Waals surface area contributed by atoms with Crippen LogP contribution in [0, 0.1) is 3.57 Å². The lowest BCUT2D eigenvalue weighted by atomic mass is 10.2. The van der Waals surface area contributed by atoms with Crippen LogP contribution < -0.4 is 0 Å². The summed E-state index contributed by atoms with van der Waals surface area (Å²) in [5.41, 5.74) is 1.42. The molecule has 0 saturated heterocycles. The Morgan fingerprint density at radius 2 is 2.00 bits per heavy atom. The molecule has 0 nitrogen and oxygen atoms in total. The van der Waals surface area contributed by atoms with Gasteiger partial charge in [-0.2, -0.15) is 11.8 Å². The van der Waals surface area contributed by atoms with Crippen molar-refractivity contribution in [3.05, 3.63) is 31.8 Å². The molecule has 0 N–H and O–H groups in total. The Labute approximate surface area is 113 Å². The zero-order chi connectivity index (χ0) is 10.8. The van der Waals surface area contributed by atoms with Gasteiger partial charge < -0.3 is 0 Å². The molecule has 0 aliphatic rings. The van der Waals surface area contributed by atoms with Crippen molar-refractivity contribution in [1.82, 2.24) is 0 Å². The Morgan fingerprint density at radius 1 is 1.36 bits per heavy atom. The average Bonchev–Trinajstić information content (AvgIpc) is 2.05. The van der Waals surface area contributed by atoms with E-state index in [-0.39, 0.29) is 0 Å². The van der Waals surface area contributed by atoms with Gasteiger partial charge in [0.05, 0.1) is 0 Å². The molecule has 0 fully saturated rings. The van der Waals surface area contributed by atoms with Crippen molar-refractivity contribution in [3.8, 4) is 0 Å². The largest absolute Gasteiger partial charge is 0.151 e. The van der Waals surface area contributed by atoms with Crippen LogP contribution in [0.1, 0.15) is 26.3 Å². The van der Waals surface area contributed by atoms with Gasteiger partial charge in [-0.15, -0.1) is 0 Å². The molecule has 1 aromatic carbocycles. The molecule has 14 heavy (non-hydrogen) atoms. The Hall–Kier alpha value is 0.780. The van der Waals surface area contributed by atoms with Gasteiger partial charge in [0.2, 0.25) is 0 Å². The summed E-state index contributed by atoms with van der Waals surface area (Å²) in [5, 5.41) is 0. The molecule has 0 bridgehead atoms. The summed E-state index contributed by atoms with van der Waals surface area (Å²) < 4.78 is 2.86. The molecule has 0 spiro atoms. The molecular formula is C11H14BrIS. The van der Waals surface area contributed by atoms with Crippen LogP contribution in [0.25, 0.3) is 0 Å². The average molecular weight is 385 g/mol. The van der Waals surface area contributed by atoms with Crippen LogP contribution in [-0.2, 0) is 5.75 Å². The number of rotatable bonds is 2. The van der Waals surface area contributed by atoms with E-state index in [1.54, 1.807) is 0 Å². The van der Waals surface area contributed by atoms with Crippen LogP contribution in [0.4, 0.5) is 0 Å². The standard InChI is InChI=1S/C11H14BrIS/c1-11(2,3)14-7-8-6-9(12)4-5-10(8)13/h4-6H,7H2,1-3H3. The highest BCUT2D eigenvalue weighted by Gasteiger charge is 2.11. The summed E-state index contributed by atoms with van der Waals surface area (Å²) >= 11 is 7.88. The first-order valence-corrected chi connectivity index (χ1v) is 7.32. The third-order valence-corrected chi connectivity index (χ3v) is 4.54. The normalized spacial score (nSPS) is 11.8. The molecule has 0 amide bonds. The highest BCUT2D eigenvalue weighted by Crippen LogP contribution is 2.30. The van der Waals surface area contributed by atoms with Crippen molar-refractivity contribution < 1.29 is 0 Å². The molecule has 0 unspecified atom stereocenters. The maximum Gasteiger partial charge on any atom is 0.0200 e. The van der Waals surface area contributed by atoms with E-state index in [4.69, 9.17) is 0 Å². The summed E-state index contributed by atoms with van der Waals surface area (Å²) in [6.07, 6.45) is 0. The first-order chi connectivity index (χ1) is 6.38. The van der Waals surface area contributed by atoms with Gasteiger partial charge in [-0.05, 0) is 46.4 Å². The van der Waals surface area contributed by atoms with Crippen molar-refractivity contribution in [3.63, 3.8) is 0 Å². The fourth-order valence-electron chi connectivity index (χ4n) is 0.948. The van der Waals surface area contributed by atoms with Gasteiger partial charge >= 0.3 is 0 Å². The summed E-state index contributed by atoms with van der Waals surface area (Å²) in [4.78, 5) is 0. The maximum atomic E-state index is 3.50. The van der Waals surface area contributed by atoms with Gasteiger partial charge in [0.25, 0.3) is 0 Å². The fourth-order valence-corrected chi connectivity index (χ4v) is 2.97. The van der Waals surface area contributed by atoms with Crippen LogP contribution in [0.15, 0.2) is 22.7 Å². The molecule has 78 valence electrons. The summed E-state index contributed by atoms with van der Waals surface area (Å²) in [7, 11) is 0. The van der Waals surface area contributed by atoms with Gasteiger partial charge in [-0.25, -0.2) is 0 Å². The third-order valence-electron chi connectivity index (χ3n) is 1.67. The molecule has 3 heteroatoms. The molecule has 1 aromatic rings. The first kappa shape index (κ1) is 12.8. The van der Waals surface area contributed by atoms with E-state index in [1.807, 2.05) is 11.8 Å². The van der Waals surface area contributed by atoms with Crippen molar-refractivity contribution in [2.45, 2.75) is 31.3 Å². The Kier molecular flexibility index (Phi) is 4.78. The summed E-state index contributed by atoms with van der Waals surface area (Å²) in [5.74, 6) is 1.08. The second-order valence-corrected chi connectivity index (χ2v) is 8.02. The highest BCUT2D eigenvalue weighted by atomic mass is 127. The van der Waals surface area contributed by atoms with Crippen LogP contribution in [0.5, 0.6) is 0 Å². The minimum Gasteiger partial charge on any atom is -0.151 e. The molecule has 0 aliphatic carbocycles. The SMILES string of the molecule is CC(C)(C)SCc1cc(Br)ccc1I. The maximum absolute atomic E-state index is 3.50. The van der Waals surface area contributed by atoms with E-state index in [1.165, 1.54) is 13.6 Å². The Bertz CT molecular complexity index is 318. The fraction of sp³-hybridized carbons (Fsp3) is 0.455. The lowest BCUT2D eigenvalue weighted by Crippen LogP contribution is -2.07.